The van der Waals surface area contributed by atoms with Gasteiger partial charge in [0.1, 0.15) is 12.0 Å². The lowest BCUT2D eigenvalue weighted by atomic mass is 9.99. The van der Waals surface area contributed by atoms with E-state index in [0.717, 1.165) is 49.7 Å². The van der Waals surface area contributed by atoms with Gasteiger partial charge >= 0.3 is 5.63 Å². The molecule has 144 valence electrons. The maximum Gasteiger partial charge on any atom is 0.343 e. The van der Waals surface area contributed by atoms with Crippen LogP contribution in [0.15, 0.2) is 45.8 Å². The van der Waals surface area contributed by atoms with Crippen LogP contribution in [0.5, 0.6) is 5.75 Å². The summed E-state index contributed by atoms with van der Waals surface area (Å²) in [5, 5.41) is 10.7. The molecule has 0 aliphatic carbocycles. The van der Waals surface area contributed by atoms with E-state index in [2.05, 4.69) is 34.1 Å². The lowest BCUT2D eigenvalue weighted by molar-refractivity contribution is 0.278. The van der Waals surface area contributed by atoms with Crippen molar-refractivity contribution < 1.29 is 9.52 Å². The Bertz CT molecular complexity index is 818. The van der Waals surface area contributed by atoms with Crippen molar-refractivity contribution in [2.75, 3.05) is 37.7 Å². The Morgan fingerprint density at radius 1 is 1.07 bits per heavy atom. The predicted octanol–water partition coefficient (Wildman–Crippen LogP) is 2.88. The molecule has 1 aromatic heterocycles. The second-order valence-electron chi connectivity index (χ2n) is 7.40. The lowest BCUT2D eigenvalue weighted by Crippen LogP contribution is -2.32. The maximum absolute atomic E-state index is 12.3. The second-order valence-corrected chi connectivity index (χ2v) is 8.62. The Balaban J connectivity index is 1.45. The van der Waals surface area contributed by atoms with Gasteiger partial charge < -0.3 is 9.52 Å². The first-order valence-corrected chi connectivity index (χ1v) is 10.8. The molecule has 0 bridgehead atoms. The number of aromatic hydroxyl groups is 1. The van der Waals surface area contributed by atoms with Gasteiger partial charge in [0.15, 0.2) is 0 Å². The van der Waals surface area contributed by atoms with Crippen LogP contribution in [0.3, 0.4) is 0 Å². The average Bonchev–Trinajstić information content (AvgIpc) is 3.18. The number of rotatable bonds is 5. The largest absolute Gasteiger partial charge is 0.507 e. The van der Waals surface area contributed by atoms with E-state index < -0.39 is 5.63 Å². The van der Waals surface area contributed by atoms with Gasteiger partial charge in [-0.1, -0.05) is 30.3 Å². The fraction of sp³-hybridized carbons (Fsp3) is 0.476. The maximum atomic E-state index is 12.3. The first kappa shape index (κ1) is 18.6. The molecule has 5 nitrogen and oxygen atoms in total. The topological polar surface area (TPSA) is 56.9 Å². The Morgan fingerprint density at radius 2 is 1.85 bits per heavy atom. The van der Waals surface area contributed by atoms with Crippen LogP contribution in [0.25, 0.3) is 0 Å². The van der Waals surface area contributed by atoms with Crippen molar-refractivity contribution in [3.8, 4) is 5.75 Å². The normalized spacial score (nSPS) is 21.6. The van der Waals surface area contributed by atoms with Crippen LogP contribution < -0.4 is 5.63 Å². The highest BCUT2D eigenvalue weighted by Crippen LogP contribution is 2.30. The molecule has 0 saturated carbocycles. The summed E-state index contributed by atoms with van der Waals surface area (Å²) in [5.41, 5.74) is 2.03. The van der Waals surface area contributed by atoms with Gasteiger partial charge in [0.25, 0.3) is 0 Å². The van der Waals surface area contributed by atoms with Crippen LogP contribution in [0, 0.1) is 0 Å². The summed E-state index contributed by atoms with van der Waals surface area (Å²) < 4.78 is 5.26. The van der Waals surface area contributed by atoms with E-state index >= 15 is 0 Å². The Kier molecular flexibility index (Phi) is 5.86. The minimum atomic E-state index is -0.423. The van der Waals surface area contributed by atoms with Crippen molar-refractivity contribution in [3.63, 3.8) is 0 Å². The fourth-order valence-electron chi connectivity index (χ4n) is 3.99. The molecule has 1 unspecified atom stereocenters. The van der Waals surface area contributed by atoms with Gasteiger partial charge in [-0.3, -0.25) is 9.80 Å². The third-order valence-electron chi connectivity index (χ3n) is 5.57. The standard InChI is InChI=1S/C21H26N2O3S/c24-20-18(13-22-8-10-27-11-9-22)15-26-21(25)19(20)14-23-7-6-17(12-23)16-4-2-1-3-5-16/h1-5,15,17,24H,6-14H2. The van der Waals surface area contributed by atoms with Gasteiger partial charge in [0.05, 0.1) is 5.56 Å². The quantitative estimate of drug-likeness (QED) is 0.853. The van der Waals surface area contributed by atoms with Crippen LogP contribution >= 0.6 is 11.8 Å². The number of likely N-dealkylation sites (tertiary alicyclic amines) is 1. The van der Waals surface area contributed by atoms with E-state index in [4.69, 9.17) is 4.42 Å². The van der Waals surface area contributed by atoms with Gasteiger partial charge in [-0.05, 0) is 24.4 Å². The molecule has 2 aliphatic heterocycles. The van der Waals surface area contributed by atoms with Crippen LogP contribution in [-0.4, -0.2) is 52.6 Å². The average molecular weight is 387 g/mol. The lowest BCUT2D eigenvalue weighted by Gasteiger charge is -2.26. The van der Waals surface area contributed by atoms with Crippen molar-refractivity contribution in [2.45, 2.75) is 25.4 Å². The molecular weight excluding hydrogens is 360 g/mol. The molecule has 0 amide bonds. The molecule has 2 saturated heterocycles. The monoisotopic (exact) mass is 386 g/mol. The Morgan fingerprint density at radius 3 is 2.63 bits per heavy atom. The zero-order valence-electron chi connectivity index (χ0n) is 15.5. The summed E-state index contributed by atoms with van der Waals surface area (Å²) in [6.07, 6.45) is 2.50. The summed E-state index contributed by atoms with van der Waals surface area (Å²) in [6, 6.07) is 10.5. The summed E-state index contributed by atoms with van der Waals surface area (Å²) in [7, 11) is 0. The molecule has 2 aromatic rings. The van der Waals surface area contributed by atoms with E-state index in [1.54, 1.807) is 0 Å². The molecule has 27 heavy (non-hydrogen) atoms. The van der Waals surface area contributed by atoms with Crippen LogP contribution in [-0.2, 0) is 13.1 Å². The van der Waals surface area contributed by atoms with E-state index in [0.29, 0.717) is 24.6 Å². The highest BCUT2D eigenvalue weighted by Gasteiger charge is 2.26. The minimum Gasteiger partial charge on any atom is -0.507 e. The molecule has 0 spiro atoms. The van der Waals surface area contributed by atoms with Crippen molar-refractivity contribution >= 4 is 11.8 Å². The molecule has 0 radical (unpaired) electrons. The zero-order chi connectivity index (χ0) is 18.6. The van der Waals surface area contributed by atoms with Crippen molar-refractivity contribution in [1.29, 1.82) is 0 Å². The molecule has 6 heteroatoms. The fourth-order valence-corrected chi connectivity index (χ4v) is 4.97. The zero-order valence-corrected chi connectivity index (χ0v) is 16.3. The Labute approximate surface area is 164 Å². The summed E-state index contributed by atoms with van der Waals surface area (Å²) in [4.78, 5) is 16.8. The second kappa shape index (κ2) is 8.50. The van der Waals surface area contributed by atoms with Crippen LogP contribution in [0.2, 0.25) is 0 Å². The third kappa shape index (κ3) is 4.39. The van der Waals surface area contributed by atoms with Crippen LogP contribution in [0.4, 0.5) is 0 Å². The smallest absolute Gasteiger partial charge is 0.343 e. The van der Waals surface area contributed by atoms with Gasteiger partial charge in [-0.25, -0.2) is 4.79 Å². The van der Waals surface area contributed by atoms with Crippen molar-refractivity contribution in [1.82, 2.24) is 9.80 Å². The molecule has 1 aromatic carbocycles. The first-order valence-electron chi connectivity index (χ1n) is 9.60. The number of benzene rings is 1. The van der Waals surface area contributed by atoms with Crippen LogP contribution in [0.1, 0.15) is 29.0 Å². The highest BCUT2D eigenvalue weighted by atomic mass is 32.2. The number of hydrogen-bond donors (Lipinski definition) is 1. The predicted molar refractivity (Wildman–Crippen MR) is 108 cm³/mol. The number of nitrogens with zero attached hydrogens (tertiary/aromatic N) is 2. The molecule has 1 atom stereocenters. The minimum absolute atomic E-state index is 0.118. The molecule has 3 heterocycles. The summed E-state index contributed by atoms with van der Waals surface area (Å²) in [5.74, 6) is 2.82. The molecular formula is C21H26N2O3S. The van der Waals surface area contributed by atoms with E-state index in [1.807, 2.05) is 17.8 Å². The Hall–Kier alpha value is -1.76. The van der Waals surface area contributed by atoms with E-state index in [-0.39, 0.29) is 5.75 Å². The third-order valence-corrected chi connectivity index (χ3v) is 6.51. The first-order chi connectivity index (χ1) is 13.2. The molecule has 2 fully saturated rings. The van der Waals surface area contributed by atoms with Gasteiger partial charge in [0.2, 0.25) is 0 Å². The number of hydrogen-bond acceptors (Lipinski definition) is 6. The molecule has 4 rings (SSSR count). The summed E-state index contributed by atoms with van der Waals surface area (Å²) in [6.45, 7) is 4.91. The molecule has 2 aliphatic rings. The van der Waals surface area contributed by atoms with E-state index in [1.165, 1.54) is 11.8 Å². The molecule has 1 N–H and O–H groups in total. The number of thioether (sulfide) groups is 1. The van der Waals surface area contributed by atoms with Crippen molar-refractivity contribution in [3.05, 3.63) is 63.7 Å². The van der Waals surface area contributed by atoms with Gasteiger partial charge in [0, 0.05) is 49.8 Å². The van der Waals surface area contributed by atoms with Gasteiger partial charge in [-0.2, -0.15) is 11.8 Å². The summed E-state index contributed by atoms with van der Waals surface area (Å²) >= 11 is 1.95. The highest BCUT2D eigenvalue weighted by molar-refractivity contribution is 7.99. The van der Waals surface area contributed by atoms with Crippen molar-refractivity contribution in [2.24, 2.45) is 0 Å². The van der Waals surface area contributed by atoms with Gasteiger partial charge in [-0.15, -0.1) is 0 Å². The van der Waals surface area contributed by atoms with E-state index in [9.17, 15) is 9.90 Å². The SMILES string of the molecule is O=c1occ(CN2CCSCC2)c(O)c1CN1CCC(c2ccccc2)C1.